The number of benzene rings is 2. The van der Waals surface area contributed by atoms with Crippen molar-refractivity contribution in [2.45, 2.75) is 175 Å². The first-order valence-electron chi connectivity index (χ1n) is 19.2. The summed E-state index contributed by atoms with van der Waals surface area (Å²) in [6, 6.07) is 12.0. The van der Waals surface area contributed by atoms with Crippen molar-refractivity contribution in [1.29, 1.82) is 0 Å². The molecule has 2 rings (SSSR count). The van der Waals surface area contributed by atoms with Gasteiger partial charge in [-0.3, -0.25) is 4.79 Å². The van der Waals surface area contributed by atoms with Crippen molar-refractivity contribution in [2.24, 2.45) is 0 Å². The minimum Gasteiger partial charge on any atom is -0.423 e. The van der Waals surface area contributed by atoms with Gasteiger partial charge in [-0.05, 0) is 63.9 Å². The van der Waals surface area contributed by atoms with Crippen molar-refractivity contribution in [3.05, 3.63) is 59.2 Å². The van der Waals surface area contributed by atoms with E-state index in [1.807, 2.05) is 39.8 Å². The molecule has 0 heterocycles. The number of unbranched alkanes of at least 4 members (excludes halogenated alkanes) is 18. The van der Waals surface area contributed by atoms with Crippen LogP contribution in [-0.4, -0.2) is 29.1 Å². The second-order valence-corrected chi connectivity index (χ2v) is 14.7. The SMILES string of the molecule is CCCCCCCCCCCCCCCCCCCCCC(=O)Oc1cc(C(O)CNC(C)(C)C)ccc1OC(=O)c1ccc(C)cc1. The minimum absolute atomic E-state index is 0.144. The third-order valence-electron chi connectivity index (χ3n) is 8.88. The predicted molar refractivity (Wildman–Crippen MR) is 199 cm³/mol. The van der Waals surface area contributed by atoms with Gasteiger partial charge in [-0.2, -0.15) is 0 Å². The lowest BCUT2D eigenvalue weighted by Gasteiger charge is -2.23. The number of carbonyl (C=O) groups is 2. The van der Waals surface area contributed by atoms with E-state index in [1.54, 1.807) is 30.3 Å². The molecule has 0 aliphatic heterocycles. The van der Waals surface area contributed by atoms with Crippen LogP contribution in [0.25, 0.3) is 0 Å². The molecule has 0 bridgehead atoms. The van der Waals surface area contributed by atoms with Crippen LogP contribution in [0.3, 0.4) is 0 Å². The summed E-state index contributed by atoms with van der Waals surface area (Å²) >= 11 is 0. The molecule has 0 spiro atoms. The molecule has 0 amide bonds. The van der Waals surface area contributed by atoms with Gasteiger partial charge in [0.2, 0.25) is 0 Å². The molecule has 270 valence electrons. The fourth-order valence-electron chi connectivity index (χ4n) is 5.79. The molecule has 0 aliphatic carbocycles. The number of aliphatic hydroxyl groups is 1. The Labute approximate surface area is 292 Å². The monoisotopic (exact) mass is 666 g/mol. The van der Waals surface area contributed by atoms with Crippen LogP contribution in [0.4, 0.5) is 0 Å². The molecule has 0 aliphatic rings. The second kappa shape index (κ2) is 24.4. The molecule has 6 nitrogen and oxygen atoms in total. The van der Waals surface area contributed by atoms with E-state index in [1.165, 1.54) is 103 Å². The summed E-state index contributed by atoms with van der Waals surface area (Å²) in [4.78, 5) is 25.7. The molecule has 0 radical (unpaired) electrons. The number of hydrogen-bond acceptors (Lipinski definition) is 6. The highest BCUT2D eigenvalue weighted by molar-refractivity contribution is 5.91. The van der Waals surface area contributed by atoms with Crippen LogP contribution < -0.4 is 14.8 Å². The molecule has 0 saturated heterocycles. The first-order valence-corrected chi connectivity index (χ1v) is 19.2. The quantitative estimate of drug-likeness (QED) is 0.0591. The highest BCUT2D eigenvalue weighted by Crippen LogP contribution is 2.32. The fraction of sp³-hybridized carbons (Fsp3) is 0.667. The molecule has 1 atom stereocenters. The molecule has 0 aromatic heterocycles. The van der Waals surface area contributed by atoms with Crippen molar-refractivity contribution < 1.29 is 24.2 Å². The van der Waals surface area contributed by atoms with Gasteiger partial charge >= 0.3 is 11.9 Å². The van der Waals surface area contributed by atoms with E-state index in [0.29, 0.717) is 24.1 Å². The molecule has 2 aromatic rings. The molecule has 6 heteroatoms. The van der Waals surface area contributed by atoms with Crippen LogP contribution in [0.2, 0.25) is 0 Å². The van der Waals surface area contributed by atoms with E-state index in [4.69, 9.17) is 9.47 Å². The van der Waals surface area contributed by atoms with Gasteiger partial charge in [0.15, 0.2) is 11.5 Å². The number of aliphatic hydroxyl groups excluding tert-OH is 1. The Balaban J connectivity index is 1.68. The van der Waals surface area contributed by atoms with Gasteiger partial charge in [0.1, 0.15) is 0 Å². The van der Waals surface area contributed by atoms with E-state index in [-0.39, 0.29) is 23.0 Å². The average molecular weight is 666 g/mol. The van der Waals surface area contributed by atoms with E-state index in [0.717, 1.165) is 24.8 Å². The van der Waals surface area contributed by atoms with Gasteiger partial charge in [-0.1, -0.05) is 146 Å². The summed E-state index contributed by atoms with van der Waals surface area (Å²) in [6.45, 7) is 10.6. The van der Waals surface area contributed by atoms with E-state index in [9.17, 15) is 14.7 Å². The Morgan fingerprint density at radius 3 is 1.62 bits per heavy atom. The van der Waals surface area contributed by atoms with Crippen LogP contribution in [0, 0.1) is 6.92 Å². The zero-order valence-corrected chi connectivity index (χ0v) is 31.0. The Hall–Kier alpha value is -2.70. The normalized spacial score (nSPS) is 12.2. The van der Waals surface area contributed by atoms with Crippen molar-refractivity contribution in [3.63, 3.8) is 0 Å². The molecule has 48 heavy (non-hydrogen) atoms. The van der Waals surface area contributed by atoms with Crippen LogP contribution in [0.1, 0.15) is 184 Å². The summed E-state index contributed by atoms with van der Waals surface area (Å²) in [5.74, 6) is -0.602. The summed E-state index contributed by atoms with van der Waals surface area (Å²) in [5, 5.41) is 14.1. The van der Waals surface area contributed by atoms with Gasteiger partial charge in [0.05, 0.1) is 11.7 Å². The molecular formula is C42H67NO5. The number of esters is 2. The van der Waals surface area contributed by atoms with Crippen LogP contribution >= 0.6 is 0 Å². The first kappa shape index (κ1) is 41.5. The van der Waals surface area contributed by atoms with Crippen LogP contribution in [0.15, 0.2) is 42.5 Å². The van der Waals surface area contributed by atoms with Gasteiger partial charge in [0.25, 0.3) is 0 Å². The first-order chi connectivity index (χ1) is 23.1. The summed E-state index contributed by atoms with van der Waals surface area (Å²) in [6.07, 6.45) is 24.2. The number of hydrogen-bond donors (Lipinski definition) is 2. The number of aryl methyl sites for hydroxylation is 1. The second-order valence-electron chi connectivity index (χ2n) is 14.7. The largest absolute Gasteiger partial charge is 0.423 e. The molecule has 1 unspecified atom stereocenters. The third-order valence-corrected chi connectivity index (χ3v) is 8.88. The maximum absolute atomic E-state index is 12.8. The Kier molecular flexibility index (Phi) is 21.1. The van der Waals surface area contributed by atoms with Crippen molar-refractivity contribution >= 4 is 11.9 Å². The summed E-state index contributed by atoms with van der Waals surface area (Å²) in [7, 11) is 0. The molecule has 0 fully saturated rings. The van der Waals surface area contributed by atoms with E-state index < -0.39 is 12.1 Å². The summed E-state index contributed by atoms with van der Waals surface area (Å²) < 4.78 is 11.4. The lowest BCUT2D eigenvalue weighted by Crippen LogP contribution is -2.38. The molecule has 2 N–H and O–H groups in total. The lowest BCUT2D eigenvalue weighted by atomic mass is 10.0. The van der Waals surface area contributed by atoms with Gasteiger partial charge in [-0.15, -0.1) is 0 Å². The molecule has 2 aromatic carbocycles. The maximum Gasteiger partial charge on any atom is 0.343 e. The number of rotatable bonds is 26. The number of β-amino-alcohol motifs (C(OH)–C–C–N with tert-alkyl or cyclic N) is 1. The standard InChI is InChI=1S/C42H67NO5/c1-6-7-8-9-10-11-12-13-14-15-16-17-18-19-20-21-22-23-24-25-40(45)47-39-32-36(37(44)33-43-42(3,4)5)30-31-38(39)48-41(46)35-28-26-34(2)27-29-35/h26-32,37,43-44H,6-25,33H2,1-5H3. The van der Waals surface area contributed by atoms with E-state index >= 15 is 0 Å². The number of carbonyl (C=O) groups excluding carboxylic acids is 2. The Bertz CT molecular complexity index is 1150. The Morgan fingerprint density at radius 2 is 1.15 bits per heavy atom. The van der Waals surface area contributed by atoms with Crippen molar-refractivity contribution in [1.82, 2.24) is 5.32 Å². The van der Waals surface area contributed by atoms with Crippen molar-refractivity contribution in [2.75, 3.05) is 6.54 Å². The molecular weight excluding hydrogens is 598 g/mol. The summed E-state index contributed by atoms with van der Waals surface area (Å²) in [5.41, 5.74) is 1.86. The highest BCUT2D eigenvalue weighted by atomic mass is 16.6. The lowest BCUT2D eigenvalue weighted by molar-refractivity contribution is -0.134. The molecule has 0 saturated carbocycles. The third kappa shape index (κ3) is 19.3. The van der Waals surface area contributed by atoms with Crippen LogP contribution in [0.5, 0.6) is 11.5 Å². The van der Waals surface area contributed by atoms with Crippen LogP contribution in [-0.2, 0) is 4.79 Å². The van der Waals surface area contributed by atoms with Gasteiger partial charge in [-0.25, -0.2) is 4.79 Å². The average Bonchev–Trinajstić information content (AvgIpc) is 3.05. The topological polar surface area (TPSA) is 84.9 Å². The minimum atomic E-state index is -0.816. The zero-order valence-electron chi connectivity index (χ0n) is 31.0. The Morgan fingerprint density at radius 1 is 0.667 bits per heavy atom. The fourth-order valence-corrected chi connectivity index (χ4v) is 5.79. The number of ether oxygens (including phenoxy) is 2. The predicted octanol–water partition coefficient (Wildman–Crippen LogP) is 11.4. The zero-order chi connectivity index (χ0) is 35.0. The van der Waals surface area contributed by atoms with E-state index in [2.05, 4.69) is 12.2 Å². The highest BCUT2D eigenvalue weighted by Gasteiger charge is 2.20. The number of nitrogens with one attached hydrogen (secondary N) is 1. The van der Waals surface area contributed by atoms with Gasteiger partial charge < -0.3 is 19.9 Å². The maximum atomic E-state index is 12.8. The smallest absolute Gasteiger partial charge is 0.343 e. The van der Waals surface area contributed by atoms with Gasteiger partial charge in [0, 0.05) is 18.5 Å². The van der Waals surface area contributed by atoms with Crippen molar-refractivity contribution in [3.8, 4) is 11.5 Å².